The Morgan fingerprint density at radius 2 is 1.90 bits per heavy atom. The average Bonchev–Trinajstić information content (AvgIpc) is 3.01. The minimum absolute atomic E-state index is 0.137. The summed E-state index contributed by atoms with van der Waals surface area (Å²) < 4.78 is 7.28. The predicted octanol–water partition coefficient (Wildman–Crippen LogP) is 4.11. The Balaban J connectivity index is 1.30. The van der Waals surface area contributed by atoms with E-state index >= 15 is 0 Å². The van der Waals surface area contributed by atoms with Gasteiger partial charge < -0.3 is 20.7 Å². The molecule has 0 aliphatic carbocycles. The molecule has 3 N–H and O–H groups in total. The number of pyridine rings is 1. The van der Waals surface area contributed by atoms with Crippen LogP contribution in [0.1, 0.15) is 43.2 Å². The van der Waals surface area contributed by atoms with Crippen LogP contribution in [0.15, 0.2) is 53.8 Å². The molecule has 1 unspecified atom stereocenters. The van der Waals surface area contributed by atoms with Gasteiger partial charge in [0.1, 0.15) is 23.2 Å². The summed E-state index contributed by atoms with van der Waals surface area (Å²) >= 11 is 6.33. The number of ether oxygens (including phenoxy) is 1. The lowest BCUT2D eigenvalue weighted by molar-refractivity contribution is 0.0526. The second kappa shape index (κ2) is 12.6. The van der Waals surface area contributed by atoms with Crippen LogP contribution in [0.25, 0.3) is 11.0 Å². The molecule has 1 aromatic carbocycles. The molecule has 4 aromatic rings. The van der Waals surface area contributed by atoms with Crippen molar-refractivity contribution >= 4 is 40.0 Å². The Kier molecular flexibility index (Phi) is 8.37. The number of fused-ring (bicyclic) bond motifs is 1. The number of halogens is 1. The number of nitrogens with one attached hydrogen (secondary N) is 3. The zero-order chi connectivity index (χ0) is 28.0. The van der Waals surface area contributed by atoms with Crippen molar-refractivity contribution in [2.45, 2.75) is 50.8 Å². The summed E-state index contributed by atoms with van der Waals surface area (Å²) in [6.07, 6.45) is 9.66. The van der Waals surface area contributed by atoms with Crippen LogP contribution in [0.3, 0.4) is 0 Å². The van der Waals surface area contributed by atoms with Gasteiger partial charge in [0.05, 0.1) is 12.1 Å². The van der Waals surface area contributed by atoms with Crippen LogP contribution in [-0.4, -0.2) is 56.3 Å². The number of hydrogen-bond acceptors (Lipinski definition) is 9. The Hall–Kier alpha value is -4.04. The quantitative estimate of drug-likeness (QED) is 0.232. The first-order chi connectivity index (χ1) is 20.1. The summed E-state index contributed by atoms with van der Waals surface area (Å²) in [6.45, 7) is 2.90. The van der Waals surface area contributed by atoms with E-state index in [9.17, 15) is 4.79 Å². The third kappa shape index (κ3) is 6.65. The Labute approximate surface area is 242 Å². The number of piperidine rings is 1. The van der Waals surface area contributed by atoms with Crippen molar-refractivity contribution < 1.29 is 4.74 Å². The third-order valence-electron chi connectivity index (χ3n) is 7.29. The summed E-state index contributed by atoms with van der Waals surface area (Å²) in [7, 11) is 0. The second-order valence-corrected chi connectivity index (χ2v) is 10.6. The summed E-state index contributed by atoms with van der Waals surface area (Å²) in [6, 6.07) is 10.3. The average molecular weight is 571 g/mol. The molecule has 2 saturated heterocycles. The van der Waals surface area contributed by atoms with Gasteiger partial charge in [0.25, 0.3) is 5.56 Å². The highest BCUT2D eigenvalue weighted by Gasteiger charge is 2.16. The van der Waals surface area contributed by atoms with Crippen molar-refractivity contribution in [1.82, 2.24) is 29.8 Å². The lowest BCUT2D eigenvalue weighted by Gasteiger charge is -2.24. The molecule has 0 bridgehead atoms. The van der Waals surface area contributed by atoms with Crippen molar-refractivity contribution in [1.29, 1.82) is 0 Å². The van der Waals surface area contributed by atoms with E-state index in [0.717, 1.165) is 56.6 Å². The van der Waals surface area contributed by atoms with Crippen molar-refractivity contribution in [2.75, 3.05) is 30.3 Å². The lowest BCUT2D eigenvalue weighted by Crippen LogP contribution is -2.35. The van der Waals surface area contributed by atoms with Crippen LogP contribution in [0.4, 0.5) is 17.3 Å². The van der Waals surface area contributed by atoms with Gasteiger partial charge in [-0.15, -0.1) is 0 Å². The van der Waals surface area contributed by atoms with Crippen LogP contribution in [-0.2, 0) is 11.3 Å². The maximum absolute atomic E-state index is 13.7. The van der Waals surface area contributed by atoms with E-state index in [0.29, 0.717) is 40.8 Å². The molecule has 2 fully saturated rings. The molecule has 0 spiro atoms. The highest BCUT2D eigenvalue weighted by molar-refractivity contribution is 6.30. The fourth-order valence-corrected chi connectivity index (χ4v) is 5.22. The third-order valence-corrected chi connectivity index (χ3v) is 7.63. The SMILES string of the molecule is O=c1c(C#CC2CCCCO2)cc2cnc(Nc3ccc(NC4CCNCC4)cc3)nc2n1Cc1cncnc1Cl. The molecule has 41 heavy (non-hydrogen) atoms. The van der Waals surface area contributed by atoms with E-state index in [-0.39, 0.29) is 23.4 Å². The molecule has 0 radical (unpaired) electrons. The first-order valence-electron chi connectivity index (χ1n) is 13.9. The summed E-state index contributed by atoms with van der Waals surface area (Å²) in [4.78, 5) is 31.1. The zero-order valence-electron chi connectivity index (χ0n) is 22.6. The number of benzene rings is 1. The van der Waals surface area contributed by atoms with E-state index in [2.05, 4.69) is 42.7 Å². The van der Waals surface area contributed by atoms with Gasteiger partial charge in [-0.25, -0.2) is 15.0 Å². The number of hydrogen-bond donors (Lipinski definition) is 3. The molecular weight excluding hydrogens is 540 g/mol. The molecular formula is C30H31ClN8O2. The number of aromatic nitrogens is 5. The molecule has 5 heterocycles. The van der Waals surface area contributed by atoms with Gasteiger partial charge in [0.2, 0.25) is 5.95 Å². The number of rotatable bonds is 6. The first-order valence-corrected chi connectivity index (χ1v) is 14.3. The number of nitrogens with zero attached hydrogens (tertiary/aromatic N) is 5. The van der Waals surface area contributed by atoms with E-state index in [4.69, 9.17) is 21.3 Å². The smallest absolute Gasteiger partial charge is 0.268 e. The highest BCUT2D eigenvalue weighted by atomic mass is 35.5. The minimum atomic E-state index is -0.279. The van der Waals surface area contributed by atoms with Crippen molar-refractivity contribution in [3.8, 4) is 11.8 Å². The molecule has 6 rings (SSSR count). The first kappa shape index (κ1) is 27.1. The molecule has 1 atom stereocenters. The summed E-state index contributed by atoms with van der Waals surface area (Å²) in [5.41, 5.74) is 3.03. The molecule has 0 amide bonds. The normalized spacial score (nSPS) is 17.5. The van der Waals surface area contributed by atoms with Crippen LogP contribution < -0.4 is 21.5 Å². The zero-order valence-corrected chi connectivity index (χ0v) is 23.3. The van der Waals surface area contributed by atoms with Crippen LogP contribution in [0.2, 0.25) is 5.15 Å². The largest absolute Gasteiger partial charge is 0.382 e. The molecule has 2 aliphatic heterocycles. The second-order valence-electron chi connectivity index (χ2n) is 10.3. The van der Waals surface area contributed by atoms with Crippen LogP contribution >= 0.6 is 11.6 Å². The van der Waals surface area contributed by atoms with Gasteiger partial charge in [-0.05, 0) is 75.5 Å². The highest BCUT2D eigenvalue weighted by Crippen LogP contribution is 2.21. The monoisotopic (exact) mass is 570 g/mol. The topological polar surface area (TPSA) is 119 Å². The maximum Gasteiger partial charge on any atom is 0.268 e. The van der Waals surface area contributed by atoms with Gasteiger partial charge in [0, 0.05) is 47.4 Å². The van der Waals surface area contributed by atoms with E-state index in [1.807, 2.05) is 24.3 Å². The van der Waals surface area contributed by atoms with Gasteiger partial charge >= 0.3 is 0 Å². The van der Waals surface area contributed by atoms with E-state index in [1.165, 1.54) is 6.33 Å². The summed E-state index contributed by atoms with van der Waals surface area (Å²) in [5.74, 6) is 6.54. The van der Waals surface area contributed by atoms with Crippen LogP contribution in [0.5, 0.6) is 0 Å². The van der Waals surface area contributed by atoms with E-state index in [1.54, 1.807) is 23.0 Å². The predicted molar refractivity (Wildman–Crippen MR) is 160 cm³/mol. The Bertz CT molecular complexity index is 1630. The van der Waals surface area contributed by atoms with Gasteiger partial charge in [0.15, 0.2) is 0 Å². The minimum Gasteiger partial charge on any atom is -0.382 e. The Morgan fingerprint density at radius 3 is 2.68 bits per heavy atom. The van der Waals surface area contributed by atoms with Crippen molar-refractivity contribution in [3.05, 3.63) is 75.7 Å². The molecule has 0 saturated carbocycles. The van der Waals surface area contributed by atoms with Crippen molar-refractivity contribution in [3.63, 3.8) is 0 Å². The molecule has 10 nitrogen and oxygen atoms in total. The maximum atomic E-state index is 13.7. The fraction of sp³-hybridized carbons (Fsp3) is 0.367. The molecule has 11 heteroatoms. The van der Waals surface area contributed by atoms with E-state index < -0.39 is 0 Å². The standard InChI is InChI=1S/C30H31ClN8O2/c31-27-22(16-33-19-35-27)18-39-28-21(15-20(29(39)40)4-9-26-3-1-2-14-41-26)17-34-30(38-28)37-24-7-5-23(6-8-24)36-25-10-12-32-13-11-25/h5-8,15-17,19,25-26,32,36H,1-3,10-14,18H2,(H,34,37,38). The van der Waals surface area contributed by atoms with Gasteiger partial charge in [-0.1, -0.05) is 23.4 Å². The molecule has 210 valence electrons. The van der Waals surface area contributed by atoms with Gasteiger partial charge in [-0.3, -0.25) is 9.36 Å². The Morgan fingerprint density at radius 1 is 1.07 bits per heavy atom. The van der Waals surface area contributed by atoms with Crippen molar-refractivity contribution in [2.24, 2.45) is 0 Å². The molecule has 3 aromatic heterocycles. The van der Waals surface area contributed by atoms with Gasteiger partial charge in [-0.2, -0.15) is 4.98 Å². The van der Waals surface area contributed by atoms with Crippen LogP contribution in [0, 0.1) is 11.8 Å². The molecule has 2 aliphatic rings. The summed E-state index contributed by atoms with van der Waals surface area (Å²) in [5, 5.41) is 11.2. The fourth-order valence-electron chi connectivity index (χ4n) is 5.07. The number of anilines is 3. The lowest BCUT2D eigenvalue weighted by atomic mass is 10.1.